The molecule has 0 unspecified atom stereocenters. The maximum atomic E-state index is 5.95. The van der Waals surface area contributed by atoms with Gasteiger partial charge in [0, 0.05) is 43.5 Å². The maximum Gasteiger partial charge on any atom is 0.219 e. The van der Waals surface area contributed by atoms with Crippen LogP contribution in [0.2, 0.25) is 0 Å². The highest BCUT2D eigenvalue weighted by atomic mass is 35.5. The van der Waals surface area contributed by atoms with Crippen LogP contribution in [0.1, 0.15) is 24.6 Å². The molecule has 3 nitrogen and oxygen atoms in total. The Hall–Kier alpha value is -1.74. The largest absolute Gasteiger partial charge is 0.439 e. The van der Waals surface area contributed by atoms with Crippen molar-refractivity contribution in [2.75, 3.05) is 19.0 Å². The van der Waals surface area contributed by atoms with Crippen LogP contribution in [0.5, 0.6) is 11.6 Å². The van der Waals surface area contributed by atoms with Gasteiger partial charge in [-0.25, -0.2) is 4.98 Å². The molecule has 0 spiro atoms. The first-order chi connectivity index (χ1) is 10.1. The topological polar surface area (TPSA) is 25.4 Å². The number of pyridine rings is 1. The molecule has 112 valence electrons. The van der Waals surface area contributed by atoms with E-state index in [4.69, 9.17) is 16.3 Å². The Morgan fingerprint density at radius 1 is 1.19 bits per heavy atom. The lowest BCUT2D eigenvalue weighted by Crippen LogP contribution is -2.08. The van der Waals surface area contributed by atoms with Crippen LogP contribution >= 0.6 is 11.6 Å². The highest BCUT2D eigenvalue weighted by molar-refractivity contribution is 6.17. The van der Waals surface area contributed by atoms with Crippen molar-refractivity contribution in [3.05, 3.63) is 47.7 Å². The van der Waals surface area contributed by atoms with Gasteiger partial charge >= 0.3 is 0 Å². The molecule has 2 rings (SSSR count). The molecule has 0 amide bonds. The lowest BCUT2D eigenvalue weighted by atomic mass is 10.2. The van der Waals surface area contributed by atoms with Crippen LogP contribution < -0.4 is 9.64 Å². The van der Waals surface area contributed by atoms with E-state index in [1.165, 1.54) is 0 Å². The van der Waals surface area contributed by atoms with E-state index < -0.39 is 0 Å². The number of ether oxygens (including phenoxy) is 1. The third-order valence-corrected chi connectivity index (χ3v) is 3.44. The summed E-state index contributed by atoms with van der Waals surface area (Å²) in [5.41, 5.74) is 3.15. The van der Waals surface area contributed by atoms with Gasteiger partial charge in [-0.15, -0.1) is 11.6 Å². The molecule has 0 atom stereocenters. The second kappa shape index (κ2) is 7.32. The first-order valence-electron chi connectivity index (χ1n) is 7.13. The number of nitrogens with zero attached hydrogens (tertiary/aromatic N) is 2. The average molecular weight is 305 g/mol. The number of alkyl halides is 1. The number of hydrogen-bond acceptors (Lipinski definition) is 3. The highest BCUT2D eigenvalue weighted by Gasteiger charge is 2.06. The molecule has 0 bridgehead atoms. The van der Waals surface area contributed by atoms with Gasteiger partial charge in [-0.2, -0.15) is 0 Å². The molecule has 0 fully saturated rings. The number of halogens is 1. The van der Waals surface area contributed by atoms with Crippen molar-refractivity contribution in [3.8, 4) is 11.6 Å². The predicted octanol–water partition coefficient (Wildman–Crippen LogP) is 4.63. The van der Waals surface area contributed by atoms with E-state index in [-0.39, 0.29) is 0 Å². The van der Waals surface area contributed by atoms with Gasteiger partial charge in [0.25, 0.3) is 0 Å². The van der Waals surface area contributed by atoms with E-state index >= 15 is 0 Å². The van der Waals surface area contributed by atoms with Gasteiger partial charge in [-0.3, -0.25) is 0 Å². The summed E-state index contributed by atoms with van der Waals surface area (Å²) in [5.74, 6) is 1.85. The monoisotopic (exact) mass is 304 g/mol. The summed E-state index contributed by atoms with van der Waals surface area (Å²) in [6.45, 7) is 2.14. The molecule has 0 aliphatic rings. The number of hydrogen-bond donors (Lipinski definition) is 0. The molecule has 1 aromatic carbocycles. The van der Waals surface area contributed by atoms with E-state index in [2.05, 4.69) is 11.9 Å². The summed E-state index contributed by atoms with van der Waals surface area (Å²) in [6, 6.07) is 11.9. The second-order valence-electron chi connectivity index (χ2n) is 5.18. The van der Waals surface area contributed by atoms with Gasteiger partial charge in [-0.1, -0.05) is 19.4 Å². The van der Waals surface area contributed by atoms with Gasteiger partial charge in [0.05, 0.1) is 0 Å². The lowest BCUT2D eigenvalue weighted by molar-refractivity contribution is 0.460. The average Bonchev–Trinajstić information content (AvgIpc) is 2.47. The van der Waals surface area contributed by atoms with E-state index in [9.17, 15) is 0 Å². The van der Waals surface area contributed by atoms with Gasteiger partial charge in [0.15, 0.2) is 0 Å². The Kier molecular flexibility index (Phi) is 5.45. The maximum absolute atomic E-state index is 5.95. The van der Waals surface area contributed by atoms with E-state index in [1.807, 2.05) is 55.4 Å². The van der Waals surface area contributed by atoms with Gasteiger partial charge < -0.3 is 9.64 Å². The smallest absolute Gasteiger partial charge is 0.219 e. The van der Waals surface area contributed by atoms with Crippen molar-refractivity contribution < 1.29 is 4.74 Å². The molecule has 2 aromatic rings. The Labute approximate surface area is 131 Å². The van der Waals surface area contributed by atoms with E-state index in [0.717, 1.165) is 35.5 Å². The molecule has 0 saturated heterocycles. The molecule has 0 N–H and O–H groups in total. The SMILES string of the molecule is CCCc1cc(CCl)cc(Oc2cccc(N(C)C)c2)n1. The summed E-state index contributed by atoms with van der Waals surface area (Å²) in [6.07, 6.45) is 1.98. The number of aromatic nitrogens is 1. The zero-order chi connectivity index (χ0) is 15.2. The zero-order valence-corrected chi connectivity index (χ0v) is 13.5. The summed E-state index contributed by atoms with van der Waals surface area (Å²) in [7, 11) is 4.01. The minimum atomic E-state index is 0.466. The van der Waals surface area contributed by atoms with Gasteiger partial charge in [-0.05, 0) is 30.2 Å². The highest BCUT2D eigenvalue weighted by Crippen LogP contribution is 2.25. The molecule has 0 saturated carbocycles. The summed E-state index contributed by atoms with van der Waals surface area (Å²) >= 11 is 5.95. The molecular formula is C17H21ClN2O. The van der Waals surface area contributed by atoms with Crippen LogP contribution in [0, 0.1) is 0 Å². The Morgan fingerprint density at radius 3 is 2.67 bits per heavy atom. The van der Waals surface area contributed by atoms with E-state index in [1.54, 1.807) is 0 Å². The quantitative estimate of drug-likeness (QED) is 0.727. The Morgan fingerprint density at radius 2 is 2.00 bits per heavy atom. The number of aryl methyl sites for hydroxylation is 1. The number of rotatable bonds is 6. The van der Waals surface area contributed by atoms with Crippen LogP contribution in [0.3, 0.4) is 0 Å². The lowest BCUT2D eigenvalue weighted by Gasteiger charge is -2.14. The summed E-state index contributed by atoms with van der Waals surface area (Å²) in [5, 5.41) is 0. The number of anilines is 1. The van der Waals surface area contributed by atoms with Gasteiger partial charge in [0.2, 0.25) is 5.88 Å². The van der Waals surface area contributed by atoms with Gasteiger partial charge in [0.1, 0.15) is 5.75 Å². The molecule has 0 aliphatic heterocycles. The minimum Gasteiger partial charge on any atom is -0.439 e. The van der Waals surface area contributed by atoms with Crippen molar-refractivity contribution in [2.24, 2.45) is 0 Å². The second-order valence-corrected chi connectivity index (χ2v) is 5.45. The fourth-order valence-corrected chi connectivity index (χ4v) is 2.23. The molecule has 1 aromatic heterocycles. The molecule has 1 heterocycles. The van der Waals surface area contributed by atoms with Crippen molar-refractivity contribution in [3.63, 3.8) is 0 Å². The molecular weight excluding hydrogens is 284 g/mol. The normalized spacial score (nSPS) is 10.5. The Balaban J connectivity index is 2.25. The van der Waals surface area contributed by atoms with Crippen LogP contribution in [0.15, 0.2) is 36.4 Å². The fraction of sp³-hybridized carbons (Fsp3) is 0.353. The van der Waals surface area contributed by atoms with Crippen molar-refractivity contribution in [1.29, 1.82) is 0 Å². The Bertz CT molecular complexity index is 599. The van der Waals surface area contributed by atoms with Crippen LogP contribution in [-0.4, -0.2) is 19.1 Å². The first kappa shape index (κ1) is 15.6. The number of benzene rings is 1. The summed E-state index contributed by atoms with van der Waals surface area (Å²) < 4.78 is 5.90. The van der Waals surface area contributed by atoms with Crippen LogP contribution in [0.4, 0.5) is 5.69 Å². The van der Waals surface area contributed by atoms with Crippen LogP contribution in [-0.2, 0) is 12.3 Å². The molecule has 0 aliphatic carbocycles. The predicted molar refractivity (Wildman–Crippen MR) is 88.6 cm³/mol. The van der Waals surface area contributed by atoms with Crippen molar-refractivity contribution in [2.45, 2.75) is 25.6 Å². The van der Waals surface area contributed by atoms with Crippen molar-refractivity contribution >= 4 is 17.3 Å². The van der Waals surface area contributed by atoms with E-state index in [0.29, 0.717) is 11.8 Å². The standard InChI is InChI=1S/C17H21ClN2O/c1-4-6-14-9-13(12-18)10-17(19-14)21-16-8-5-7-15(11-16)20(2)3/h5,7-11H,4,6,12H2,1-3H3. The third kappa shape index (κ3) is 4.36. The molecule has 21 heavy (non-hydrogen) atoms. The minimum absolute atomic E-state index is 0.466. The first-order valence-corrected chi connectivity index (χ1v) is 7.67. The summed E-state index contributed by atoms with van der Waals surface area (Å²) in [4.78, 5) is 6.59. The fourth-order valence-electron chi connectivity index (χ4n) is 2.08. The molecule has 4 heteroatoms. The zero-order valence-electron chi connectivity index (χ0n) is 12.8. The van der Waals surface area contributed by atoms with Crippen molar-refractivity contribution in [1.82, 2.24) is 4.98 Å². The molecule has 0 radical (unpaired) electrons. The van der Waals surface area contributed by atoms with Crippen LogP contribution in [0.25, 0.3) is 0 Å². The third-order valence-electron chi connectivity index (χ3n) is 3.13.